The molecule has 0 aromatic rings. The number of carbonyl (C=O) groups is 1. The lowest BCUT2D eigenvalue weighted by molar-refractivity contribution is -0.137. The maximum absolute atomic E-state index is 10.7. The van der Waals surface area contributed by atoms with Gasteiger partial charge in [-0.2, -0.15) is 0 Å². The first-order valence-corrected chi connectivity index (χ1v) is 7.98. The zero-order valence-electron chi connectivity index (χ0n) is 9.09. The summed E-state index contributed by atoms with van der Waals surface area (Å²) in [6.07, 6.45) is 1.21. The van der Waals surface area contributed by atoms with Crippen molar-refractivity contribution in [3.63, 3.8) is 0 Å². The van der Waals surface area contributed by atoms with E-state index in [1.165, 1.54) is 6.08 Å². The van der Waals surface area contributed by atoms with Gasteiger partial charge in [-0.05, 0) is 6.04 Å². The van der Waals surface area contributed by atoms with Crippen LogP contribution in [0.15, 0.2) is 12.7 Å². The van der Waals surface area contributed by atoms with Crippen molar-refractivity contribution in [2.75, 3.05) is 6.61 Å². The van der Waals surface area contributed by atoms with Crippen molar-refractivity contribution >= 4 is 14.0 Å². The smallest absolute Gasteiger partial charge is 0.330 e. The van der Waals surface area contributed by atoms with E-state index in [0.717, 1.165) is 11.6 Å². The monoisotopic (exact) mass is 200 g/mol. The maximum atomic E-state index is 10.7. The molecule has 0 radical (unpaired) electrons. The van der Waals surface area contributed by atoms with Crippen molar-refractivity contribution in [2.45, 2.75) is 38.5 Å². The molecule has 0 unspecified atom stereocenters. The summed E-state index contributed by atoms with van der Waals surface area (Å²) in [7, 11) is -1.17. The van der Waals surface area contributed by atoms with Crippen molar-refractivity contribution in [1.29, 1.82) is 0 Å². The van der Waals surface area contributed by atoms with Gasteiger partial charge in [0, 0.05) is 6.08 Å². The molecule has 76 valence electrons. The lowest BCUT2D eigenvalue weighted by Crippen LogP contribution is -2.31. The van der Waals surface area contributed by atoms with Gasteiger partial charge in [-0.25, -0.2) is 4.79 Å². The fourth-order valence-electron chi connectivity index (χ4n) is 0.762. The van der Waals surface area contributed by atoms with Crippen LogP contribution in [0.25, 0.3) is 0 Å². The minimum Gasteiger partial charge on any atom is -0.463 e. The molecule has 0 rings (SSSR count). The molecule has 0 N–H and O–H groups in total. The van der Waals surface area contributed by atoms with Crippen molar-refractivity contribution in [3.05, 3.63) is 12.7 Å². The average Bonchev–Trinajstić information content (AvgIpc) is 2.03. The molecule has 0 atom stereocenters. The zero-order valence-corrected chi connectivity index (χ0v) is 10.1. The predicted molar refractivity (Wildman–Crippen MR) is 58.5 cm³/mol. The van der Waals surface area contributed by atoms with Crippen LogP contribution in [0.1, 0.15) is 13.8 Å². The van der Waals surface area contributed by atoms with Crippen molar-refractivity contribution < 1.29 is 9.53 Å². The van der Waals surface area contributed by atoms with E-state index in [1.807, 2.05) is 0 Å². The maximum Gasteiger partial charge on any atom is 0.330 e. The van der Waals surface area contributed by atoms with E-state index in [1.54, 1.807) is 0 Å². The second-order valence-corrected chi connectivity index (χ2v) is 9.90. The average molecular weight is 200 g/mol. The topological polar surface area (TPSA) is 26.3 Å². The molecule has 0 aliphatic carbocycles. The Morgan fingerprint density at radius 3 is 2.46 bits per heavy atom. The Morgan fingerprint density at radius 2 is 2.08 bits per heavy atom. The van der Waals surface area contributed by atoms with Crippen LogP contribution in [0.3, 0.4) is 0 Å². The lowest BCUT2D eigenvalue weighted by atomic mass is 10.6. The predicted octanol–water partition coefficient (Wildman–Crippen LogP) is 2.83. The summed E-state index contributed by atoms with van der Waals surface area (Å²) >= 11 is 0. The molecule has 0 aliphatic rings. The third kappa shape index (κ3) is 4.88. The normalized spacial score (nSPS) is 11.5. The second kappa shape index (κ2) is 5.22. The summed E-state index contributed by atoms with van der Waals surface area (Å²) < 4.78 is 4.95. The van der Waals surface area contributed by atoms with Crippen LogP contribution < -0.4 is 0 Å². The summed E-state index contributed by atoms with van der Waals surface area (Å²) in [5.74, 6) is -0.312. The Balaban J connectivity index is 3.76. The summed E-state index contributed by atoms with van der Waals surface area (Å²) in [5, 5.41) is 0. The molecule has 2 nitrogen and oxygen atoms in total. The summed E-state index contributed by atoms with van der Waals surface area (Å²) in [6, 6.07) is 1.03. The second-order valence-electron chi connectivity index (χ2n) is 4.26. The molecule has 0 spiro atoms. The van der Waals surface area contributed by atoms with Gasteiger partial charge in [0.25, 0.3) is 0 Å². The van der Waals surface area contributed by atoms with Gasteiger partial charge in [0.1, 0.15) is 0 Å². The molecule has 0 saturated carbocycles. The van der Waals surface area contributed by atoms with Crippen LogP contribution in [0.4, 0.5) is 0 Å². The van der Waals surface area contributed by atoms with E-state index in [4.69, 9.17) is 4.74 Å². The molecule has 0 saturated heterocycles. The molecule has 0 bridgehead atoms. The van der Waals surface area contributed by atoms with Crippen LogP contribution in [-0.2, 0) is 9.53 Å². The van der Waals surface area contributed by atoms with Crippen LogP contribution >= 0.6 is 0 Å². The number of rotatable bonds is 5. The van der Waals surface area contributed by atoms with Gasteiger partial charge in [-0.15, -0.1) is 0 Å². The van der Waals surface area contributed by atoms with Gasteiger partial charge in [0.2, 0.25) is 0 Å². The first-order chi connectivity index (χ1) is 5.90. The van der Waals surface area contributed by atoms with Gasteiger partial charge >= 0.3 is 5.97 Å². The third-order valence-corrected chi connectivity index (χ3v) is 7.34. The standard InChI is InChI=1S/C10H20O2Si/c1-6-10(11)12-7-8-13(4,5)9(2)3/h6,9H,1,7-8H2,2-5H3. The fourth-order valence-corrected chi connectivity index (χ4v) is 1.97. The number of hydrogen-bond donors (Lipinski definition) is 0. The summed E-state index contributed by atoms with van der Waals surface area (Å²) in [5.41, 5.74) is 0.731. The van der Waals surface area contributed by atoms with Crippen LogP contribution in [0.2, 0.25) is 24.7 Å². The van der Waals surface area contributed by atoms with Gasteiger partial charge < -0.3 is 4.74 Å². The minimum absolute atomic E-state index is 0.312. The Hall–Kier alpha value is -0.573. The molecule has 0 aromatic heterocycles. The molecular formula is C10H20O2Si. The van der Waals surface area contributed by atoms with Crippen molar-refractivity contribution in [2.24, 2.45) is 0 Å². The van der Waals surface area contributed by atoms with E-state index in [9.17, 15) is 4.79 Å². The van der Waals surface area contributed by atoms with E-state index in [0.29, 0.717) is 6.61 Å². The first-order valence-electron chi connectivity index (χ1n) is 4.69. The van der Waals surface area contributed by atoms with Crippen LogP contribution in [0, 0.1) is 0 Å². The lowest BCUT2D eigenvalue weighted by Gasteiger charge is -2.26. The number of ether oxygens (including phenoxy) is 1. The molecule has 3 heteroatoms. The Kier molecular flexibility index (Phi) is 4.99. The van der Waals surface area contributed by atoms with Crippen molar-refractivity contribution in [3.8, 4) is 0 Å². The molecule has 0 heterocycles. The highest BCUT2D eigenvalue weighted by Gasteiger charge is 2.24. The van der Waals surface area contributed by atoms with Crippen LogP contribution in [0.5, 0.6) is 0 Å². The first kappa shape index (κ1) is 12.4. The summed E-state index contributed by atoms with van der Waals surface area (Å²) in [6.45, 7) is 13.0. The molecule has 0 amide bonds. The number of hydrogen-bond acceptors (Lipinski definition) is 2. The Bertz CT molecular complexity index is 185. The molecule has 0 aromatic carbocycles. The van der Waals surface area contributed by atoms with E-state index in [-0.39, 0.29) is 5.97 Å². The van der Waals surface area contributed by atoms with Crippen molar-refractivity contribution in [1.82, 2.24) is 0 Å². The van der Waals surface area contributed by atoms with Gasteiger partial charge in [0.05, 0.1) is 14.7 Å². The molecule has 13 heavy (non-hydrogen) atoms. The van der Waals surface area contributed by atoms with E-state index < -0.39 is 8.07 Å². The van der Waals surface area contributed by atoms with E-state index >= 15 is 0 Å². The highest BCUT2D eigenvalue weighted by Crippen LogP contribution is 2.24. The molecule has 0 aliphatic heterocycles. The largest absolute Gasteiger partial charge is 0.463 e. The minimum atomic E-state index is -1.17. The molecule has 0 fully saturated rings. The van der Waals surface area contributed by atoms with Gasteiger partial charge in [0.15, 0.2) is 0 Å². The number of esters is 1. The summed E-state index contributed by atoms with van der Waals surface area (Å²) in [4.78, 5) is 10.7. The van der Waals surface area contributed by atoms with Crippen LogP contribution in [-0.4, -0.2) is 20.7 Å². The Labute approximate surface area is 82.0 Å². The SMILES string of the molecule is C=CC(=O)OCC[Si](C)(C)C(C)C. The molecular weight excluding hydrogens is 180 g/mol. The highest BCUT2D eigenvalue weighted by atomic mass is 28.3. The highest BCUT2D eigenvalue weighted by molar-refractivity contribution is 6.78. The number of carbonyl (C=O) groups excluding carboxylic acids is 1. The Morgan fingerprint density at radius 1 is 1.54 bits per heavy atom. The van der Waals surface area contributed by atoms with Gasteiger partial charge in [-0.3, -0.25) is 0 Å². The fraction of sp³-hybridized carbons (Fsp3) is 0.700. The zero-order chi connectivity index (χ0) is 10.5. The quantitative estimate of drug-likeness (QED) is 0.387. The third-order valence-electron chi connectivity index (χ3n) is 2.72. The van der Waals surface area contributed by atoms with Gasteiger partial charge in [-0.1, -0.05) is 39.1 Å². The van der Waals surface area contributed by atoms with E-state index in [2.05, 4.69) is 33.5 Å².